The number of carbonyl (C=O) groups excluding carboxylic acids is 1. The molecule has 2 unspecified atom stereocenters. The van der Waals surface area contributed by atoms with Gasteiger partial charge in [0.15, 0.2) is 0 Å². The van der Waals surface area contributed by atoms with Gasteiger partial charge >= 0.3 is 5.97 Å². The summed E-state index contributed by atoms with van der Waals surface area (Å²) < 4.78 is 0. The van der Waals surface area contributed by atoms with Crippen LogP contribution >= 0.6 is 0 Å². The van der Waals surface area contributed by atoms with Gasteiger partial charge < -0.3 is 10.0 Å². The fraction of sp³-hybridized carbons (Fsp3) is 0.500. The molecule has 2 rings (SSSR count). The lowest BCUT2D eigenvalue weighted by Crippen LogP contribution is -2.48. The largest absolute Gasteiger partial charge is 0.481 e. The number of piperidine rings is 1. The van der Waals surface area contributed by atoms with Crippen LogP contribution in [0, 0.1) is 12.8 Å². The van der Waals surface area contributed by atoms with E-state index in [1.165, 1.54) is 0 Å². The summed E-state index contributed by atoms with van der Waals surface area (Å²) in [5, 5.41) is 9.51. The van der Waals surface area contributed by atoms with Crippen molar-refractivity contribution in [2.75, 3.05) is 0 Å². The van der Waals surface area contributed by atoms with Crippen LogP contribution in [0.3, 0.4) is 0 Å². The monoisotopic (exact) mass is 275 g/mol. The minimum atomic E-state index is -0.823. The van der Waals surface area contributed by atoms with E-state index in [-0.39, 0.29) is 18.0 Å². The first-order valence-corrected chi connectivity index (χ1v) is 7.03. The van der Waals surface area contributed by atoms with Crippen molar-refractivity contribution in [3.63, 3.8) is 0 Å². The molecule has 4 heteroatoms. The zero-order chi connectivity index (χ0) is 14.9. The number of likely N-dealkylation sites (tertiary alicyclic amines) is 1. The molecule has 4 nitrogen and oxygen atoms in total. The van der Waals surface area contributed by atoms with Crippen molar-refractivity contribution < 1.29 is 14.7 Å². The molecule has 20 heavy (non-hydrogen) atoms. The molecule has 1 saturated heterocycles. The third-order valence-electron chi connectivity index (χ3n) is 4.02. The van der Waals surface area contributed by atoms with Crippen molar-refractivity contribution in [1.82, 2.24) is 4.90 Å². The Hall–Kier alpha value is -1.84. The molecule has 1 aliphatic heterocycles. The number of aryl methyl sites for hydroxylation is 1. The molecule has 1 aliphatic rings. The lowest BCUT2D eigenvalue weighted by atomic mass is 9.82. The molecule has 0 bridgehead atoms. The topological polar surface area (TPSA) is 57.6 Å². The Kier molecular flexibility index (Phi) is 4.12. The highest BCUT2D eigenvalue weighted by Gasteiger charge is 2.42. The number of carboxylic acid groups (broad SMARTS) is 1. The third-order valence-corrected chi connectivity index (χ3v) is 4.02. The number of hydrogen-bond acceptors (Lipinski definition) is 2. The zero-order valence-electron chi connectivity index (χ0n) is 12.2. The van der Waals surface area contributed by atoms with Gasteiger partial charge in [0.2, 0.25) is 5.91 Å². The van der Waals surface area contributed by atoms with Gasteiger partial charge in [0.1, 0.15) is 0 Å². The highest BCUT2D eigenvalue weighted by atomic mass is 16.4. The Morgan fingerprint density at radius 3 is 2.55 bits per heavy atom. The summed E-state index contributed by atoms with van der Waals surface area (Å²) in [5.41, 5.74) is 1.98. The fourth-order valence-electron chi connectivity index (χ4n) is 3.07. The van der Waals surface area contributed by atoms with E-state index in [4.69, 9.17) is 0 Å². The number of hydrogen-bond donors (Lipinski definition) is 1. The summed E-state index contributed by atoms with van der Waals surface area (Å²) in [6, 6.07) is 7.36. The highest BCUT2D eigenvalue weighted by Crippen LogP contribution is 2.39. The van der Waals surface area contributed by atoms with Gasteiger partial charge in [-0.1, -0.05) is 24.3 Å². The van der Waals surface area contributed by atoms with Crippen LogP contribution in [-0.4, -0.2) is 27.9 Å². The van der Waals surface area contributed by atoms with Gasteiger partial charge in [-0.2, -0.15) is 0 Å². The number of aliphatic carboxylic acids is 1. The molecule has 108 valence electrons. The average molecular weight is 275 g/mol. The molecule has 1 aromatic rings. The number of rotatable bonds is 3. The molecule has 0 aliphatic carbocycles. The maximum atomic E-state index is 12.2. The van der Waals surface area contributed by atoms with Gasteiger partial charge in [-0.15, -0.1) is 0 Å². The number of carbonyl (C=O) groups is 2. The van der Waals surface area contributed by atoms with E-state index in [0.717, 1.165) is 11.1 Å². The van der Waals surface area contributed by atoms with Crippen LogP contribution in [0.1, 0.15) is 43.9 Å². The van der Waals surface area contributed by atoms with Gasteiger partial charge in [0, 0.05) is 12.5 Å². The highest BCUT2D eigenvalue weighted by molar-refractivity contribution is 5.82. The van der Waals surface area contributed by atoms with Crippen LogP contribution in [0.15, 0.2) is 24.3 Å². The average Bonchev–Trinajstić information content (AvgIpc) is 2.38. The van der Waals surface area contributed by atoms with Crippen molar-refractivity contribution in [2.45, 2.75) is 45.7 Å². The van der Waals surface area contributed by atoms with E-state index in [9.17, 15) is 14.7 Å². The first kappa shape index (κ1) is 14.6. The van der Waals surface area contributed by atoms with Crippen LogP contribution < -0.4 is 0 Å². The minimum absolute atomic E-state index is 0.00532. The van der Waals surface area contributed by atoms with Crippen molar-refractivity contribution in [3.8, 4) is 0 Å². The van der Waals surface area contributed by atoms with Gasteiger partial charge in [-0.3, -0.25) is 9.59 Å². The standard InChI is InChI=1S/C16H21NO3/c1-10(2)17-14(18)9-8-13(16(19)20)15(17)12-7-5-4-6-11(12)3/h4-7,10,13,15H,8-9H2,1-3H3,(H,19,20). The molecule has 2 atom stereocenters. The van der Waals surface area contributed by atoms with Crippen molar-refractivity contribution in [1.29, 1.82) is 0 Å². The molecular formula is C16H21NO3. The predicted molar refractivity (Wildman–Crippen MR) is 76.3 cm³/mol. The van der Waals surface area contributed by atoms with Crippen molar-refractivity contribution in [3.05, 3.63) is 35.4 Å². The Morgan fingerprint density at radius 1 is 1.35 bits per heavy atom. The number of benzene rings is 1. The van der Waals surface area contributed by atoms with Crippen molar-refractivity contribution >= 4 is 11.9 Å². The zero-order valence-corrected chi connectivity index (χ0v) is 12.2. The maximum Gasteiger partial charge on any atom is 0.308 e. The van der Waals surface area contributed by atoms with Crippen LogP contribution in [-0.2, 0) is 9.59 Å². The molecule has 0 radical (unpaired) electrons. The minimum Gasteiger partial charge on any atom is -0.481 e. The van der Waals surface area contributed by atoms with E-state index < -0.39 is 11.9 Å². The van der Waals surface area contributed by atoms with Gasteiger partial charge in [-0.05, 0) is 38.3 Å². The summed E-state index contributed by atoms with van der Waals surface area (Å²) in [5.74, 6) is -1.31. The Morgan fingerprint density at radius 2 is 2.00 bits per heavy atom. The fourth-order valence-corrected chi connectivity index (χ4v) is 3.07. The molecule has 0 saturated carbocycles. The van der Waals surface area contributed by atoms with Gasteiger partial charge in [0.25, 0.3) is 0 Å². The quantitative estimate of drug-likeness (QED) is 0.922. The summed E-state index contributed by atoms with van der Waals surface area (Å²) in [6.07, 6.45) is 0.730. The van der Waals surface area contributed by atoms with Crippen LogP contribution in [0.25, 0.3) is 0 Å². The lowest BCUT2D eigenvalue weighted by Gasteiger charge is -2.42. The molecule has 0 aromatic heterocycles. The van der Waals surface area contributed by atoms with Crippen LogP contribution in [0.4, 0.5) is 0 Å². The molecule has 1 aromatic carbocycles. The maximum absolute atomic E-state index is 12.2. The molecule has 1 fully saturated rings. The molecule has 1 amide bonds. The van der Waals surface area contributed by atoms with E-state index >= 15 is 0 Å². The number of amides is 1. The van der Waals surface area contributed by atoms with E-state index in [0.29, 0.717) is 12.8 Å². The Labute approximate surface area is 119 Å². The van der Waals surface area contributed by atoms with Gasteiger partial charge in [0.05, 0.1) is 12.0 Å². The first-order valence-electron chi connectivity index (χ1n) is 7.03. The molecule has 1 N–H and O–H groups in total. The predicted octanol–water partition coefficient (Wildman–Crippen LogP) is 2.77. The van der Waals surface area contributed by atoms with E-state index in [1.807, 2.05) is 45.0 Å². The second-order valence-electron chi connectivity index (χ2n) is 5.68. The Bertz CT molecular complexity index is 524. The summed E-state index contributed by atoms with van der Waals surface area (Å²) in [6.45, 7) is 5.84. The normalized spacial score (nSPS) is 23.2. The second kappa shape index (κ2) is 5.65. The second-order valence-corrected chi connectivity index (χ2v) is 5.68. The summed E-state index contributed by atoms with van der Waals surface area (Å²) in [4.78, 5) is 25.6. The van der Waals surface area contributed by atoms with Crippen LogP contribution in [0.2, 0.25) is 0 Å². The third kappa shape index (κ3) is 2.55. The molecule has 1 heterocycles. The summed E-state index contributed by atoms with van der Waals surface area (Å²) >= 11 is 0. The number of carboxylic acids is 1. The smallest absolute Gasteiger partial charge is 0.308 e. The Balaban J connectivity index is 2.52. The van der Waals surface area contributed by atoms with Crippen molar-refractivity contribution in [2.24, 2.45) is 5.92 Å². The van der Waals surface area contributed by atoms with E-state index in [1.54, 1.807) is 4.90 Å². The van der Waals surface area contributed by atoms with E-state index in [2.05, 4.69) is 0 Å². The number of nitrogens with zero attached hydrogens (tertiary/aromatic N) is 1. The molecule has 0 spiro atoms. The SMILES string of the molecule is Cc1ccccc1C1C(C(=O)O)CCC(=O)N1C(C)C. The first-order chi connectivity index (χ1) is 9.43. The van der Waals surface area contributed by atoms with Gasteiger partial charge in [-0.25, -0.2) is 0 Å². The van der Waals surface area contributed by atoms with Crippen LogP contribution in [0.5, 0.6) is 0 Å². The lowest BCUT2D eigenvalue weighted by molar-refractivity contribution is -0.153. The summed E-state index contributed by atoms with van der Waals surface area (Å²) in [7, 11) is 0. The molecular weight excluding hydrogens is 254 g/mol.